The Hall–Kier alpha value is -3.61. The summed E-state index contributed by atoms with van der Waals surface area (Å²) in [6, 6.07) is 12.8. The maximum atomic E-state index is 11.8. The molecule has 2 N–H and O–H groups in total. The van der Waals surface area contributed by atoms with Gasteiger partial charge in [-0.15, -0.1) is 0 Å². The SMILES string of the molecule is CC(=O)Nc1ccc(-n2c(C)cc(/C=N\NC(=O)c3ccco3)c2C)cc1. The summed E-state index contributed by atoms with van der Waals surface area (Å²) in [6.45, 7) is 5.45. The van der Waals surface area contributed by atoms with Gasteiger partial charge in [-0.25, -0.2) is 5.43 Å². The number of furan rings is 1. The number of hydrazone groups is 1. The van der Waals surface area contributed by atoms with Crippen LogP contribution in [0.15, 0.2) is 58.2 Å². The van der Waals surface area contributed by atoms with Crippen molar-refractivity contribution in [1.82, 2.24) is 9.99 Å². The van der Waals surface area contributed by atoms with Crippen LogP contribution in [0.5, 0.6) is 0 Å². The fraction of sp³-hybridized carbons (Fsp3) is 0.150. The number of anilines is 1. The van der Waals surface area contributed by atoms with Crippen molar-refractivity contribution >= 4 is 23.7 Å². The van der Waals surface area contributed by atoms with Crippen molar-refractivity contribution in [3.63, 3.8) is 0 Å². The molecule has 0 unspecified atom stereocenters. The Kier molecular flexibility index (Phi) is 5.21. The first-order chi connectivity index (χ1) is 13.0. The van der Waals surface area contributed by atoms with Crippen LogP contribution >= 0.6 is 0 Å². The summed E-state index contributed by atoms with van der Waals surface area (Å²) < 4.78 is 7.10. The Bertz CT molecular complexity index is 983. The van der Waals surface area contributed by atoms with Crippen molar-refractivity contribution in [3.05, 3.63) is 71.4 Å². The maximum Gasteiger partial charge on any atom is 0.307 e. The Labute approximate surface area is 156 Å². The van der Waals surface area contributed by atoms with Crippen LogP contribution < -0.4 is 10.7 Å². The molecule has 138 valence electrons. The number of aryl methyl sites for hydroxylation is 1. The maximum absolute atomic E-state index is 11.8. The number of benzene rings is 1. The summed E-state index contributed by atoms with van der Waals surface area (Å²) in [5, 5.41) is 6.76. The largest absolute Gasteiger partial charge is 0.459 e. The first-order valence-electron chi connectivity index (χ1n) is 8.39. The normalized spacial score (nSPS) is 10.9. The molecule has 0 saturated carbocycles. The van der Waals surface area contributed by atoms with Crippen molar-refractivity contribution in [2.75, 3.05) is 5.32 Å². The molecule has 2 heterocycles. The predicted molar refractivity (Wildman–Crippen MR) is 103 cm³/mol. The second-order valence-corrected chi connectivity index (χ2v) is 6.07. The number of carbonyl (C=O) groups excluding carboxylic acids is 2. The fourth-order valence-electron chi connectivity index (χ4n) is 2.84. The summed E-state index contributed by atoms with van der Waals surface area (Å²) in [5.41, 5.74) is 7.06. The van der Waals surface area contributed by atoms with Gasteiger partial charge in [-0.3, -0.25) is 9.59 Å². The molecule has 27 heavy (non-hydrogen) atoms. The Morgan fingerprint density at radius 3 is 2.52 bits per heavy atom. The number of carbonyl (C=O) groups is 2. The van der Waals surface area contributed by atoms with Crippen LogP contribution in [-0.2, 0) is 4.79 Å². The summed E-state index contributed by atoms with van der Waals surface area (Å²) in [6.07, 6.45) is 3.04. The van der Waals surface area contributed by atoms with Crippen molar-refractivity contribution in [2.45, 2.75) is 20.8 Å². The molecule has 0 fully saturated rings. The molecule has 1 aromatic carbocycles. The van der Waals surface area contributed by atoms with Gasteiger partial charge in [-0.1, -0.05) is 0 Å². The van der Waals surface area contributed by atoms with E-state index < -0.39 is 5.91 Å². The minimum absolute atomic E-state index is 0.105. The van der Waals surface area contributed by atoms with Gasteiger partial charge < -0.3 is 14.3 Å². The van der Waals surface area contributed by atoms with Crippen LogP contribution in [0.2, 0.25) is 0 Å². The molecular formula is C20H20N4O3. The van der Waals surface area contributed by atoms with Crippen molar-refractivity contribution in [3.8, 4) is 5.69 Å². The highest BCUT2D eigenvalue weighted by Gasteiger charge is 2.10. The summed E-state index contributed by atoms with van der Waals surface area (Å²) >= 11 is 0. The van der Waals surface area contributed by atoms with Crippen LogP contribution in [0.3, 0.4) is 0 Å². The van der Waals surface area contributed by atoms with E-state index >= 15 is 0 Å². The van der Waals surface area contributed by atoms with Crippen LogP contribution in [0, 0.1) is 13.8 Å². The van der Waals surface area contributed by atoms with Crippen molar-refractivity contribution in [1.29, 1.82) is 0 Å². The number of nitrogens with one attached hydrogen (secondary N) is 2. The first kappa shape index (κ1) is 18.2. The van der Waals surface area contributed by atoms with E-state index in [2.05, 4.69) is 20.4 Å². The third-order valence-corrected chi connectivity index (χ3v) is 4.03. The molecule has 0 atom stereocenters. The van der Waals surface area contributed by atoms with Gasteiger partial charge in [0.05, 0.1) is 12.5 Å². The van der Waals surface area contributed by atoms with Gasteiger partial charge in [0.15, 0.2) is 5.76 Å². The van der Waals surface area contributed by atoms with Gasteiger partial charge in [0.1, 0.15) is 0 Å². The molecule has 0 bridgehead atoms. The molecule has 2 aromatic heterocycles. The Morgan fingerprint density at radius 2 is 1.89 bits per heavy atom. The van der Waals surface area contributed by atoms with E-state index in [1.165, 1.54) is 13.2 Å². The monoisotopic (exact) mass is 364 g/mol. The summed E-state index contributed by atoms with van der Waals surface area (Å²) in [5.74, 6) is -0.304. The number of aromatic nitrogens is 1. The Balaban J connectivity index is 1.77. The molecule has 0 radical (unpaired) electrons. The van der Waals surface area contributed by atoms with Gasteiger partial charge in [-0.05, 0) is 56.3 Å². The van der Waals surface area contributed by atoms with Crippen LogP contribution in [0.1, 0.15) is 34.4 Å². The lowest BCUT2D eigenvalue weighted by molar-refractivity contribution is -0.114. The van der Waals surface area contributed by atoms with E-state index in [1.807, 2.05) is 44.2 Å². The average molecular weight is 364 g/mol. The van der Waals surface area contributed by atoms with Crippen LogP contribution in [-0.4, -0.2) is 22.6 Å². The zero-order valence-corrected chi connectivity index (χ0v) is 15.3. The lowest BCUT2D eigenvalue weighted by Gasteiger charge is -2.10. The minimum atomic E-state index is -0.404. The van der Waals surface area contributed by atoms with E-state index in [-0.39, 0.29) is 11.7 Å². The smallest absolute Gasteiger partial charge is 0.307 e. The van der Waals surface area contributed by atoms with E-state index in [0.717, 1.165) is 28.3 Å². The highest BCUT2D eigenvalue weighted by atomic mass is 16.3. The second kappa shape index (κ2) is 7.74. The predicted octanol–water partition coefficient (Wildman–Crippen LogP) is 3.41. The molecule has 0 spiro atoms. The molecular weight excluding hydrogens is 344 g/mol. The topological polar surface area (TPSA) is 88.6 Å². The quantitative estimate of drug-likeness (QED) is 0.537. The standard InChI is InChI=1S/C20H20N4O3/c1-13-11-16(12-21-23-20(26)19-5-4-10-27-19)14(2)24(13)18-8-6-17(7-9-18)22-15(3)25/h4-12H,1-3H3,(H,22,25)(H,23,26)/b21-12-. The molecule has 7 nitrogen and oxygen atoms in total. The molecule has 2 amide bonds. The lowest BCUT2D eigenvalue weighted by Crippen LogP contribution is -2.16. The fourth-order valence-corrected chi connectivity index (χ4v) is 2.84. The third kappa shape index (κ3) is 4.14. The minimum Gasteiger partial charge on any atom is -0.459 e. The number of rotatable bonds is 5. The molecule has 0 aliphatic heterocycles. The van der Waals surface area contributed by atoms with Gasteiger partial charge in [0.2, 0.25) is 5.91 Å². The van der Waals surface area contributed by atoms with Gasteiger partial charge in [-0.2, -0.15) is 5.10 Å². The number of hydrogen-bond donors (Lipinski definition) is 2. The molecule has 3 rings (SSSR count). The molecule has 7 heteroatoms. The zero-order chi connectivity index (χ0) is 19.4. The zero-order valence-electron chi connectivity index (χ0n) is 15.3. The molecule has 3 aromatic rings. The van der Waals surface area contributed by atoms with E-state index in [9.17, 15) is 9.59 Å². The summed E-state index contributed by atoms with van der Waals surface area (Å²) in [4.78, 5) is 23.0. The van der Waals surface area contributed by atoms with E-state index in [0.29, 0.717) is 0 Å². The summed E-state index contributed by atoms with van der Waals surface area (Å²) in [7, 11) is 0. The number of amides is 2. The van der Waals surface area contributed by atoms with Crippen LogP contribution in [0.4, 0.5) is 5.69 Å². The van der Waals surface area contributed by atoms with Crippen molar-refractivity contribution in [2.24, 2.45) is 5.10 Å². The van der Waals surface area contributed by atoms with Gasteiger partial charge >= 0.3 is 5.91 Å². The lowest BCUT2D eigenvalue weighted by atomic mass is 10.2. The number of hydrogen-bond acceptors (Lipinski definition) is 4. The average Bonchev–Trinajstić information content (AvgIpc) is 3.25. The highest BCUT2D eigenvalue weighted by Crippen LogP contribution is 2.21. The second-order valence-electron chi connectivity index (χ2n) is 6.07. The molecule has 0 aliphatic carbocycles. The van der Waals surface area contributed by atoms with Gasteiger partial charge in [0.25, 0.3) is 0 Å². The molecule has 0 aliphatic rings. The number of nitrogens with zero attached hydrogens (tertiary/aromatic N) is 2. The first-order valence-corrected chi connectivity index (χ1v) is 8.39. The van der Waals surface area contributed by atoms with E-state index in [4.69, 9.17) is 4.42 Å². The third-order valence-electron chi connectivity index (χ3n) is 4.03. The van der Waals surface area contributed by atoms with Crippen LogP contribution in [0.25, 0.3) is 5.69 Å². The Morgan fingerprint density at radius 1 is 1.15 bits per heavy atom. The van der Waals surface area contributed by atoms with Gasteiger partial charge in [0, 0.05) is 35.2 Å². The highest BCUT2D eigenvalue weighted by molar-refractivity contribution is 5.92. The van der Waals surface area contributed by atoms with Crippen molar-refractivity contribution < 1.29 is 14.0 Å². The van der Waals surface area contributed by atoms with E-state index in [1.54, 1.807) is 18.3 Å². The molecule has 0 saturated heterocycles.